The van der Waals surface area contributed by atoms with Crippen LogP contribution >= 0.6 is 11.8 Å². The molecule has 0 atom stereocenters. The van der Waals surface area contributed by atoms with E-state index >= 15 is 0 Å². The summed E-state index contributed by atoms with van der Waals surface area (Å²) < 4.78 is 10.7. The molecule has 1 aromatic carbocycles. The quantitative estimate of drug-likeness (QED) is 0.790. The Morgan fingerprint density at radius 3 is 2.78 bits per heavy atom. The van der Waals surface area contributed by atoms with Crippen LogP contribution in [0.15, 0.2) is 24.3 Å². The Hall–Kier alpha value is -1.42. The fourth-order valence-electron chi connectivity index (χ4n) is 1.41. The Morgan fingerprint density at radius 2 is 2.17 bits per heavy atom. The minimum atomic E-state index is 0.129. The van der Waals surface area contributed by atoms with Crippen LogP contribution < -0.4 is 9.47 Å². The van der Waals surface area contributed by atoms with E-state index in [1.807, 2.05) is 37.3 Å². The molecule has 0 heterocycles. The molecule has 0 bridgehead atoms. The van der Waals surface area contributed by atoms with Crippen LogP contribution in [0.2, 0.25) is 0 Å². The second-order valence-corrected chi connectivity index (χ2v) is 4.75. The minimum Gasteiger partial charge on any atom is -0.493 e. The van der Waals surface area contributed by atoms with Crippen molar-refractivity contribution in [2.45, 2.75) is 13.8 Å². The zero-order valence-electron chi connectivity index (χ0n) is 10.9. The third-order valence-electron chi connectivity index (χ3n) is 2.18. The first-order valence-corrected chi connectivity index (χ1v) is 6.76. The van der Waals surface area contributed by atoms with E-state index in [2.05, 4.69) is 0 Å². The van der Waals surface area contributed by atoms with Crippen LogP contribution in [0.4, 0.5) is 0 Å². The number of methoxy groups -OCH3 is 1. The Balaban J connectivity index is 2.71. The molecule has 0 aliphatic heterocycles. The summed E-state index contributed by atoms with van der Waals surface area (Å²) in [5.74, 6) is 2.15. The number of hydrogen-bond acceptors (Lipinski definition) is 4. The van der Waals surface area contributed by atoms with Gasteiger partial charge in [-0.15, -0.1) is 0 Å². The molecule has 1 rings (SSSR count). The summed E-state index contributed by atoms with van der Waals surface area (Å²) in [5.41, 5.74) is 1.03. The average molecular weight is 266 g/mol. The van der Waals surface area contributed by atoms with Gasteiger partial charge >= 0.3 is 0 Å². The van der Waals surface area contributed by atoms with E-state index in [1.165, 1.54) is 11.8 Å². The molecule has 0 N–H and O–H groups in total. The van der Waals surface area contributed by atoms with E-state index in [0.717, 1.165) is 17.1 Å². The molecule has 0 saturated carbocycles. The van der Waals surface area contributed by atoms with Crippen molar-refractivity contribution in [3.63, 3.8) is 0 Å². The van der Waals surface area contributed by atoms with E-state index in [9.17, 15) is 4.79 Å². The van der Waals surface area contributed by atoms with Gasteiger partial charge in [-0.3, -0.25) is 4.79 Å². The van der Waals surface area contributed by atoms with Crippen molar-refractivity contribution in [2.75, 3.05) is 19.5 Å². The van der Waals surface area contributed by atoms with Gasteiger partial charge in [0.2, 0.25) is 0 Å². The van der Waals surface area contributed by atoms with Gasteiger partial charge in [-0.05, 0) is 24.6 Å². The number of hydrogen-bond donors (Lipinski definition) is 0. The number of ether oxygens (including phenoxy) is 2. The maximum absolute atomic E-state index is 10.8. The first-order chi connectivity index (χ1) is 8.67. The molecule has 0 unspecified atom stereocenters. The summed E-state index contributed by atoms with van der Waals surface area (Å²) in [6.07, 6.45) is 3.93. The van der Waals surface area contributed by atoms with E-state index in [4.69, 9.17) is 9.47 Å². The smallest absolute Gasteiger partial charge is 0.186 e. The zero-order valence-corrected chi connectivity index (χ0v) is 11.8. The van der Waals surface area contributed by atoms with Gasteiger partial charge in [0.25, 0.3) is 0 Å². The number of thioether (sulfide) groups is 1. The molecule has 4 heteroatoms. The van der Waals surface area contributed by atoms with Gasteiger partial charge in [0, 0.05) is 12.7 Å². The van der Waals surface area contributed by atoms with Crippen molar-refractivity contribution < 1.29 is 14.3 Å². The molecule has 3 nitrogen and oxygen atoms in total. The lowest BCUT2D eigenvalue weighted by Crippen LogP contribution is -1.95. The standard InChI is InChI=1S/C14H18O3S/c1-4-17-14-10-12(7-8-13(14)16-3)6-5-9-18-11(2)15/h5-8,10H,4,9H2,1-3H3. The normalized spacial score (nSPS) is 10.6. The van der Waals surface area contributed by atoms with Crippen LogP contribution in [-0.2, 0) is 4.79 Å². The van der Waals surface area contributed by atoms with Crippen LogP contribution in [-0.4, -0.2) is 24.6 Å². The van der Waals surface area contributed by atoms with Crippen molar-refractivity contribution >= 4 is 23.0 Å². The molecule has 0 aliphatic rings. The number of carbonyl (C=O) groups excluding carboxylic acids is 1. The Labute approximate surface area is 112 Å². The van der Waals surface area contributed by atoms with Gasteiger partial charge < -0.3 is 9.47 Å². The number of carbonyl (C=O) groups is 1. The van der Waals surface area contributed by atoms with Crippen LogP contribution in [0.25, 0.3) is 6.08 Å². The Kier molecular flexibility index (Phi) is 6.36. The molecule has 0 aromatic heterocycles. The molecule has 18 heavy (non-hydrogen) atoms. The first-order valence-electron chi connectivity index (χ1n) is 5.78. The van der Waals surface area contributed by atoms with Gasteiger partial charge in [-0.25, -0.2) is 0 Å². The van der Waals surface area contributed by atoms with Gasteiger partial charge in [0.15, 0.2) is 16.6 Å². The highest BCUT2D eigenvalue weighted by Gasteiger charge is 2.03. The van der Waals surface area contributed by atoms with Crippen molar-refractivity contribution in [2.24, 2.45) is 0 Å². The van der Waals surface area contributed by atoms with Gasteiger partial charge in [0.1, 0.15) is 0 Å². The second kappa shape index (κ2) is 7.82. The summed E-state index contributed by atoms with van der Waals surface area (Å²) in [6, 6.07) is 5.76. The maximum atomic E-state index is 10.8. The lowest BCUT2D eigenvalue weighted by molar-refractivity contribution is -0.109. The molecule has 0 saturated heterocycles. The van der Waals surface area contributed by atoms with E-state index in [1.54, 1.807) is 14.0 Å². The first kappa shape index (κ1) is 14.6. The molecular weight excluding hydrogens is 248 g/mol. The molecule has 0 spiro atoms. The molecule has 0 fully saturated rings. The second-order valence-electron chi connectivity index (χ2n) is 3.55. The fourth-order valence-corrected chi connectivity index (χ4v) is 1.84. The topological polar surface area (TPSA) is 35.5 Å². The van der Waals surface area contributed by atoms with Gasteiger partial charge in [-0.2, -0.15) is 0 Å². The monoisotopic (exact) mass is 266 g/mol. The molecular formula is C14H18O3S. The van der Waals surface area contributed by atoms with Crippen molar-refractivity contribution in [3.05, 3.63) is 29.8 Å². The largest absolute Gasteiger partial charge is 0.493 e. The van der Waals surface area contributed by atoms with E-state index < -0.39 is 0 Å². The zero-order chi connectivity index (χ0) is 13.4. The van der Waals surface area contributed by atoms with Gasteiger partial charge in [0.05, 0.1) is 13.7 Å². The summed E-state index contributed by atoms with van der Waals surface area (Å²) in [5, 5.41) is 0.129. The highest BCUT2D eigenvalue weighted by atomic mass is 32.2. The molecule has 0 aliphatic carbocycles. The Bertz CT molecular complexity index is 427. The summed E-state index contributed by atoms with van der Waals surface area (Å²) >= 11 is 1.29. The minimum absolute atomic E-state index is 0.129. The van der Waals surface area contributed by atoms with E-state index in [-0.39, 0.29) is 5.12 Å². The van der Waals surface area contributed by atoms with Crippen molar-refractivity contribution in [1.82, 2.24) is 0 Å². The SMILES string of the molecule is CCOc1cc(C=CCSC(C)=O)ccc1OC. The predicted octanol–water partition coefficient (Wildman–Crippen LogP) is 3.39. The molecule has 0 radical (unpaired) electrons. The maximum Gasteiger partial charge on any atom is 0.186 e. The molecule has 1 aromatic rings. The number of rotatable bonds is 6. The highest BCUT2D eigenvalue weighted by molar-refractivity contribution is 8.13. The van der Waals surface area contributed by atoms with E-state index in [0.29, 0.717) is 12.4 Å². The summed E-state index contributed by atoms with van der Waals surface area (Å²) in [6.45, 7) is 4.11. The van der Waals surface area contributed by atoms with Crippen molar-refractivity contribution in [3.8, 4) is 11.5 Å². The van der Waals surface area contributed by atoms with Crippen LogP contribution in [0.3, 0.4) is 0 Å². The summed E-state index contributed by atoms with van der Waals surface area (Å²) in [4.78, 5) is 10.8. The van der Waals surface area contributed by atoms with Crippen LogP contribution in [0, 0.1) is 0 Å². The molecule has 0 amide bonds. The van der Waals surface area contributed by atoms with Crippen LogP contribution in [0.1, 0.15) is 19.4 Å². The summed E-state index contributed by atoms with van der Waals surface area (Å²) in [7, 11) is 1.62. The lowest BCUT2D eigenvalue weighted by atomic mass is 10.2. The highest BCUT2D eigenvalue weighted by Crippen LogP contribution is 2.28. The lowest BCUT2D eigenvalue weighted by Gasteiger charge is -2.09. The van der Waals surface area contributed by atoms with Crippen LogP contribution in [0.5, 0.6) is 11.5 Å². The Morgan fingerprint density at radius 1 is 1.39 bits per heavy atom. The fraction of sp³-hybridized carbons (Fsp3) is 0.357. The third-order valence-corrected chi connectivity index (χ3v) is 2.95. The third kappa shape index (κ3) is 4.84. The van der Waals surface area contributed by atoms with Crippen molar-refractivity contribution in [1.29, 1.82) is 0 Å². The average Bonchev–Trinajstić information content (AvgIpc) is 2.35. The number of benzene rings is 1. The molecule has 98 valence electrons. The van der Waals surface area contributed by atoms with Gasteiger partial charge in [-0.1, -0.05) is 30.0 Å². The predicted molar refractivity (Wildman–Crippen MR) is 76.3 cm³/mol.